The van der Waals surface area contributed by atoms with Gasteiger partial charge in [-0.05, 0) is 149 Å². The molecule has 0 aliphatic carbocycles. The minimum Gasteiger partial charge on any atom is -0.490 e. The molecule has 0 atom stereocenters. The molecule has 1 saturated heterocycles. The van der Waals surface area contributed by atoms with Gasteiger partial charge in [0.15, 0.2) is 0 Å². The number of hydrogen-bond acceptors (Lipinski definition) is 9. The maximum atomic E-state index is 15.1. The average molecular weight is 856 g/mol. The summed E-state index contributed by atoms with van der Waals surface area (Å²) in [6.07, 6.45) is 4.99. The molecule has 8 aromatic rings. The van der Waals surface area contributed by atoms with Crippen LogP contribution in [-0.4, -0.2) is 52.9 Å². The molecular weight excluding hydrogens is 813 g/mol. The van der Waals surface area contributed by atoms with Gasteiger partial charge in [-0.2, -0.15) is 0 Å². The summed E-state index contributed by atoms with van der Waals surface area (Å²) in [5.41, 5.74) is 17.6. The monoisotopic (exact) mass is 855 g/mol. The van der Waals surface area contributed by atoms with Gasteiger partial charge in [-0.15, -0.1) is 0 Å². The third kappa shape index (κ3) is 9.15. The van der Waals surface area contributed by atoms with Crippen molar-refractivity contribution in [3.63, 3.8) is 0 Å². The average Bonchev–Trinajstić information content (AvgIpc) is 3.30. The summed E-state index contributed by atoms with van der Waals surface area (Å²) in [5, 5.41) is 8.17. The highest BCUT2D eigenvalue weighted by Gasteiger charge is 2.19. The first-order chi connectivity index (χ1) is 31.0. The Labute approximate surface area is 367 Å². The summed E-state index contributed by atoms with van der Waals surface area (Å²) in [6, 6.07) is 35.8. The topological polar surface area (TPSA) is 158 Å². The maximum absolute atomic E-state index is 15.1. The van der Waals surface area contributed by atoms with Gasteiger partial charge in [-0.3, -0.25) is 9.59 Å². The van der Waals surface area contributed by atoms with Gasteiger partial charge in [-0.25, -0.2) is 18.7 Å². The molecular formula is C51H43F2N7O4. The number of nitrogen functional groups attached to an aromatic ring is 2. The molecule has 1 fully saturated rings. The van der Waals surface area contributed by atoms with Crippen molar-refractivity contribution in [3.8, 4) is 33.8 Å². The fraction of sp³-hybridized carbons (Fsp3) is 0.137. The van der Waals surface area contributed by atoms with Crippen molar-refractivity contribution in [2.75, 3.05) is 42.2 Å². The van der Waals surface area contributed by atoms with E-state index in [1.807, 2.05) is 42.5 Å². The highest BCUT2D eigenvalue weighted by atomic mass is 19.1. The zero-order chi connectivity index (χ0) is 44.3. The van der Waals surface area contributed by atoms with Gasteiger partial charge in [0.1, 0.15) is 47.5 Å². The zero-order valence-electron chi connectivity index (χ0n) is 34.8. The van der Waals surface area contributed by atoms with E-state index in [9.17, 15) is 14.0 Å². The number of ether oxygens (including phenoxy) is 2. The number of amides is 2. The smallest absolute Gasteiger partial charge is 0.257 e. The van der Waals surface area contributed by atoms with E-state index in [1.54, 1.807) is 60.7 Å². The normalized spacial score (nSPS) is 13.2. The molecule has 0 spiro atoms. The van der Waals surface area contributed by atoms with Crippen LogP contribution in [0.25, 0.3) is 43.8 Å². The van der Waals surface area contributed by atoms with Gasteiger partial charge < -0.3 is 36.5 Å². The molecule has 13 heteroatoms. The molecule has 1 aliphatic rings. The lowest BCUT2D eigenvalue weighted by molar-refractivity contribution is 0.102. The fourth-order valence-corrected chi connectivity index (χ4v) is 7.93. The second kappa shape index (κ2) is 17.8. The third-order valence-corrected chi connectivity index (χ3v) is 11.4. The molecule has 9 rings (SSSR count). The van der Waals surface area contributed by atoms with E-state index in [0.29, 0.717) is 72.0 Å². The van der Waals surface area contributed by atoms with Gasteiger partial charge >= 0.3 is 0 Å². The summed E-state index contributed by atoms with van der Waals surface area (Å²) in [5.74, 6) is 0.194. The highest BCUT2D eigenvalue weighted by molar-refractivity contribution is 6.15. The van der Waals surface area contributed by atoms with Crippen LogP contribution >= 0.6 is 0 Å². The lowest BCUT2D eigenvalue weighted by Gasteiger charge is -2.29. The number of nitrogens with two attached hydrogens (primary N) is 2. The van der Waals surface area contributed by atoms with Crippen LogP contribution in [0, 0.1) is 11.6 Å². The first kappa shape index (κ1) is 41.5. The molecule has 1 aliphatic heterocycles. The lowest BCUT2D eigenvalue weighted by Crippen LogP contribution is -2.35. The van der Waals surface area contributed by atoms with E-state index in [4.69, 9.17) is 20.9 Å². The molecule has 320 valence electrons. The van der Waals surface area contributed by atoms with Crippen molar-refractivity contribution in [1.29, 1.82) is 0 Å². The second-order valence-corrected chi connectivity index (χ2v) is 15.9. The van der Waals surface area contributed by atoms with Crippen LogP contribution < -0.4 is 31.6 Å². The summed E-state index contributed by atoms with van der Waals surface area (Å²) in [4.78, 5) is 37.8. The quantitative estimate of drug-likeness (QED) is 0.0994. The minimum atomic E-state index is -0.453. The number of anilines is 4. The van der Waals surface area contributed by atoms with E-state index >= 15 is 4.39 Å². The third-order valence-electron chi connectivity index (χ3n) is 11.4. The lowest BCUT2D eigenvalue weighted by atomic mass is 9.98. The Hall–Kier alpha value is -7.90. The van der Waals surface area contributed by atoms with E-state index < -0.39 is 11.7 Å². The zero-order valence-corrected chi connectivity index (χ0v) is 34.8. The van der Waals surface area contributed by atoms with Crippen LogP contribution in [-0.2, 0) is 6.61 Å². The number of fused-ring (bicyclic) bond motifs is 2. The Morgan fingerprint density at radius 3 is 1.73 bits per heavy atom. The van der Waals surface area contributed by atoms with Gasteiger partial charge in [0.05, 0.1) is 11.1 Å². The van der Waals surface area contributed by atoms with Crippen LogP contribution in [0.3, 0.4) is 0 Å². The molecule has 0 unspecified atom stereocenters. The molecule has 11 nitrogen and oxygen atoms in total. The Balaban J connectivity index is 0.845. The summed E-state index contributed by atoms with van der Waals surface area (Å²) < 4.78 is 41.2. The van der Waals surface area contributed by atoms with Crippen molar-refractivity contribution >= 4 is 56.4 Å². The van der Waals surface area contributed by atoms with Gasteiger partial charge in [0.25, 0.3) is 11.8 Å². The molecule has 0 radical (unpaired) electrons. The maximum Gasteiger partial charge on any atom is 0.257 e. The number of carbonyl (C=O) groups is 2. The molecule has 0 saturated carbocycles. The Morgan fingerprint density at radius 1 is 0.625 bits per heavy atom. The van der Waals surface area contributed by atoms with Crippen molar-refractivity contribution in [2.45, 2.75) is 25.6 Å². The van der Waals surface area contributed by atoms with Crippen molar-refractivity contribution in [3.05, 3.63) is 168 Å². The number of benzene rings is 6. The summed E-state index contributed by atoms with van der Waals surface area (Å²) in [7, 11) is 2.11. The van der Waals surface area contributed by atoms with Crippen molar-refractivity contribution in [2.24, 2.45) is 0 Å². The molecule has 6 aromatic carbocycles. The van der Waals surface area contributed by atoms with E-state index in [0.717, 1.165) is 37.2 Å². The van der Waals surface area contributed by atoms with Crippen LogP contribution in [0.5, 0.6) is 11.5 Å². The Morgan fingerprint density at radius 2 is 1.16 bits per heavy atom. The SMILES string of the molecule is CN1CCC(Oc2ccc(NC(=O)c3cnc(N)c4cc(-c5cc(F)cc(COc6ccc(NC(=O)c7cnc(N)c8cc(-c9cccc(F)c9)ccc78)cc6)c5)ccc34)cc2)CC1. The summed E-state index contributed by atoms with van der Waals surface area (Å²) in [6.45, 7) is 2.06. The standard InChI is InChI=1S/C51H43F2N7O4/c1-60-19-17-41(18-20-60)64-40-13-9-38(10-14-40)59-51(62)47-28-57-49(55)45-26-33(6-16-43(45)47)34-21-30(22-36(53)24-34)29-63-39-11-7-37(8-12-39)58-50(61)46-27-56-48(54)44-25-32(5-15-42(44)46)31-3-2-4-35(52)23-31/h2-16,21-28,41H,17-20,29H2,1H3,(H2,54,56)(H2,55,57)(H,58,61)(H,59,62). The van der Waals surface area contributed by atoms with Crippen LogP contribution in [0.1, 0.15) is 39.1 Å². The van der Waals surface area contributed by atoms with Gasteiger partial charge in [0, 0.05) is 47.6 Å². The van der Waals surface area contributed by atoms with Crippen LogP contribution in [0.15, 0.2) is 140 Å². The van der Waals surface area contributed by atoms with Crippen LogP contribution in [0.2, 0.25) is 0 Å². The molecule has 0 bridgehead atoms. The Bertz CT molecular complexity index is 3050. The number of piperidine rings is 1. The van der Waals surface area contributed by atoms with Crippen molar-refractivity contribution in [1.82, 2.24) is 14.9 Å². The highest BCUT2D eigenvalue weighted by Crippen LogP contribution is 2.33. The second-order valence-electron chi connectivity index (χ2n) is 15.9. The number of nitrogens with one attached hydrogen (secondary N) is 2. The van der Waals surface area contributed by atoms with E-state index in [-0.39, 0.29) is 36.1 Å². The van der Waals surface area contributed by atoms with Crippen LogP contribution in [0.4, 0.5) is 31.8 Å². The minimum absolute atomic E-state index is 0.0596. The van der Waals surface area contributed by atoms with Gasteiger partial charge in [-0.1, -0.05) is 36.4 Å². The first-order valence-corrected chi connectivity index (χ1v) is 20.8. The van der Waals surface area contributed by atoms with Gasteiger partial charge in [0.2, 0.25) is 0 Å². The molecule has 6 N–H and O–H groups in total. The number of halogens is 2. The van der Waals surface area contributed by atoms with E-state index in [2.05, 4.69) is 32.5 Å². The van der Waals surface area contributed by atoms with Crippen molar-refractivity contribution < 1.29 is 27.8 Å². The van der Waals surface area contributed by atoms with E-state index in [1.165, 1.54) is 36.7 Å². The number of aromatic nitrogens is 2. The fourth-order valence-electron chi connectivity index (χ4n) is 7.93. The molecule has 2 aromatic heterocycles. The Kier molecular flexibility index (Phi) is 11.5. The number of pyridine rings is 2. The largest absolute Gasteiger partial charge is 0.490 e. The number of nitrogens with zero attached hydrogens (tertiary/aromatic N) is 3. The predicted octanol–water partition coefficient (Wildman–Crippen LogP) is 10.1. The first-order valence-electron chi connectivity index (χ1n) is 20.8. The predicted molar refractivity (Wildman–Crippen MR) is 247 cm³/mol. The number of hydrogen-bond donors (Lipinski definition) is 4. The number of likely N-dealkylation sites (tertiary alicyclic amines) is 1. The molecule has 2 amide bonds. The molecule has 64 heavy (non-hydrogen) atoms. The number of rotatable bonds is 11. The number of carbonyl (C=O) groups excluding carboxylic acids is 2. The molecule has 3 heterocycles. The summed E-state index contributed by atoms with van der Waals surface area (Å²) >= 11 is 0.